The molecule has 8 saturated carbocycles. The number of hydrogen-bond donors (Lipinski definition) is 0. The van der Waals surface area contributed by atoms with Gasteiger partial charge in [-0.15, -0.1) is 0 Å². The molecule has 2 aromatic rings. The third kappa shape index (κ3) is 23.6. The first-order valence-electron chi connectivity index (χ1n) is 54.6. The SMILES string of the molecule is CC1=C[C@@H](OC(=O)C(C)C)[C@H]2[C@@H](CCC3=CC(=O)N(C(=O)C(C)C)CC[C@@]32C)[C@@H]1CCC#N.CC1=C[C@@H](OC(=O)C2CC2)[C@H]2[C@@H](CCC3=CC(=O)N(C(=O)C4CC4)CC[C@@]32C)[C@@H]1CCC#N.CC1=C[C@@H](OC(=O)C2CCCCC2)[C@H]2[C@@H](CCC3=CC(=O)N(C(=O)C4CCCCC4)CC[C@@]32C)[C@@H]1CCC#N.CC1=C[C@@H](OC(=O)c2cccc(Br)c2)[C@H]2[C@@H](CCC3=CC(=O)N(C(=O)c4cccc(Br)c4)CC[C@@]32C)[C@@H]1CCC#N. The van der Waals surface area contributed by atoms with Crippen molar-refractivity contribution in [2.24, 2.45) is 128 Å². The van der Waals surface area contributed by atoms with E-state index in [1.54, 1.807) is 60.7 Å². The molecule has 8 amide bonds. The van der Waals surface area contributed by atoms with Crippen LogP contribution in [-0.4, -0.2) is 141 Å². The second-order valence-corrected chi connectivity index (χ2v) is 48.4. The molecule has 26 heteroatoms. The Morgan fingerprint density at radius 2 is 0.678 bits per heavy atom. The zero-order valence-corrected chi connectivity index (χ0v) is 90.8. The number of amides is 8. The number of imide groups is 4. The lowest BCUT2D eigenvalue weighted by atomic mass is 9.51. The van der Waals surface area contributed by atoms with Crippen molar-refractivity contribution in [2.45, 2.75) is 326 Å². The quantitative estimate of drug-likeness (QED) is 0.0514. The van der Waals surface area contributed by atoms with Crippen molar-refractivity contribution in [1.29, 1.82) is 21.0 Å². The van der Waals surface area contributed by atoms with E-state index in [2.05, 4.69) is 136 Å². The molecule has 780 valence electrons. The summed E-state index contributed by atoms with van der Waals surface area (Å²) in [6, 6.07) is 23.4. The fraction of sp³-hybridized carbons (Fsp3) is 0.633. The molecule has 146 heavy (non-hydrogen) atoms. The van der Waals surface area contributed by atoms with Gasteiger partial charge in [-0.05, 0) is 312 Å². The molecule has 4 aliphatic heterocycles. The number of nitrogens with zero attached hydrogens (tertiary/aromatic N) is 8. The summed E-state index contributed by atoms with van der Waals surface area (Å²) in [7, 11) is 0. The zero-order chi connectivity index (χ0) is 105. The Labute approximate surface area is 880 Å². The van der Waals surface area contributed by atoms with Crippen molar-refractivity contribution >= 4 is 103 Å². The Bertz CT molecular complexity index is 5670. The second kappa shape index (κ2) is 47.3. The largest absolute Gasteiger partial charge is 0.458 e. The van der Waals surface area contributed by atoms with Gasteiger partial charge >= 0.3 is 23.9 Å². The molecule has 0 spiro atoms. The minimum atomic E-state index is -0.499. The van der Waals surface area contributed by atoms with Gasteiger partial charge in [-0.1, -0.05) is 182 Å². The number of ether oxygens (including phenoxy) is 4. The lowest BCUT2D eigenvalue weighted by molar-refractivity contribution is -0.161. The van der Waals surface area contributed by atoms with Gasteiger partial charge in [-0.3, -0.25) is 72.3 Å². The van der Waals surface area contributed by atoms with E-state index in [4.69, 9.17) is 18.9 Å². The van der Waals surface area contributed by atoms with Crippen LogP contribution >= 0.6 is 31.9 Å². The summed E-state index contributed by atoms with van der Waals surface area (Å²) in [6.07, 6.45) is 41.9. The molecule has 8 fully saturated rings. The maximum atomic E-state index is 13.5. The van der Waals surface area contributed by atoms with Crippen LogP contribution < -0.4 is 0 Å². The molecule has 0 bridgehead atoms. The molecule has 18 rings (SSSR count). The Morgan fingerprint density at radius 3 is 1.02 bits per heavy atom. The molecular weight excluding hydrogens is 1970 g/mol. The molecule has 2 aromatic carbocycles. The average molecular weight is 2120 g/mol. The van der Waals surface area contributed by atoms with Gasteiger partial charge in [0, 0.05) is 132 Å². The van der Waals surface area contributed by atoms with Crippen LogP contribution in [0.15, 0.2) is 151 Å². The van der Waals surface area contributed by atoms with Gasteiger partial charge in [0.05, 0.1) is 47.6 Å². The van der Waals surface area contributed by atoms with Crippen molar-refractivity contribution in [3.05, 3.63) is 162 Å². The van der Waals surface area contributed by atoms with E-state index in [9.17, 15) is 78.6 Å². The van der Waals surface area contributed by atoms with E-state index >= 15 is 0 Å². The Hall–Kier alpha value is -10.3. The summed E-state index contributed by atoms with van der Waals surface area (Å²) in [5.41, 5.74) is 8.43. The third-order valence-corrected chi connectivity index (χ3v) is 38.0. The summed E-state index contributed by atoms with van der Waals surface area (Å²) >= 11 is 6.86. The number of allylic oxidation sites excluding steroid dienone is 8. The maximum absolute atomic E-state index is 13.5. The molecule has 0 unspecified atom stereocenters. The highest BCUT2D eigenvalue weighted by atomic mass is 79.9. The Balaban J connectivity index is 0.000000147. The molecule has 0 N–H and O–H groups in total. The van der Waals surface area contributed by atoms with Gasteiger partial charge < -0.3 is 18.9 Å². The number of rotatable bonds is 20. The number of halogens is 2. The van der Waals surface area contributed by atoms with E-state index in [-0.39, 0.29) is 207 Å². The second-order valence-electron chi connectivity index (χ2n) is 46.5. The molecule has 0 saturated heterocycles. The van der Waals surface area contributed by atoms with Crippen LogP contribution in [0.1, 0.15) is 322 Å². The number of carbonyl (C=O) groups excluding carboxylic acids is 12. The van der Waals surface area contributed by atoms with Gasteiger partial charge in [-0.2, -0.15) is 21.0 Å². The molecule has 12 aliphatic carbocycles. The first-order chi connectivity index (χ1) is 69.8. The van der Waals surface area contributed by atoms with Crippen LogP contribution in [0, 0.1) is 174 Å². The summed E-state index contributed by atoms with van der Waals surface area (Å²) < 4.78 is 26.4. The molecule has 20 atom stereocenters. The first-order valence-corrected chi connectivity index (χ1v) is 56.2. The monoisotopic (exact) mass is 2120 g/mol. The predicted molar refractivity (Wildman–Crippen MR) is 558 cm³/mol. The van der Waals surface area contributed by atoms with Gasteiger partial charge in [0.15, 0.2) is 0 Å². The van der Waals surface area contributed by atoms with E-state index in [0.29, 0.717) is 88.0 Å². The maximum Gasteiger partial charge on any atom is 0.338 e. The Morgan fingerprint density at radius 1 is 0.377 bits per heavy atom. The number of fused-ring (bicyclic) bond motifs is 12. The fourth-order valence-electron chi connectivity index (χ4n) is 28.7. The number of benzene rings is 2. The minimum Gasteiger partial charge on any atom is -0.458 e. The van der Waals surface area contributed by atoms with E-state index in [0.717, 1.165) is 191 Å². The summed E-state index contributed by atoms with van der Waals surface area (Å²) in [4.78, 5) is 163. The van der Waals surface area contributed by atoms with Crippen molar-refractivity contribution in [3.8, 4) is 24.3 Å². The smallest absolute Gasteiger partial charge is 0.338 e. The van der Waals surface area contributed by atoms with Crippen LogP contribution in [0.2, 0.25) is 0 Å². The summed E-state index contributed by atoms with van der Waals surface area (Å²) in [5.74, 6) is -0.647. The van der Waals surface area contributed by atoms with Gasteiger partial charge in [0.2, 0.25) is 17.7 Å². The minimum absolute atomic E-state index is 0.00176. The van der Waals surface area contributed by atoms with Gasteiger partial charge in [0.1, 0.15) is 24.4 Å². The third-order valence-electron chi connectivity index (χ3n) is 37.1. The highest BCUT2D eigenvalue weighted by molar-refractivity contribution is 9.10. The lowest BCUT2D eigenvalue weighted by Gasteiger charge is -2.54. The molecular formula is C120H150Br2N8O16. The highest BCUT2D eigenvalue weighted by Crippen LogP contribution is 2.64. The van der Waals surface area contributed by atoms with Crippen molar-refractivity contribution in [3.63, 3.8) is 0 Å². The van der Waals surface area contributed by atoms with Crippen LogP contribution in [0.25, 0.3) is 0 Å². The van der Waals surface area contributed by atoms with Crippen LogP contribution in [0.5, 0.6) is 0 Å². The zero-order valence-electron chi connectivity index (χ0n) is 87.7. The predicted octanol–water partition coefficient (Wildman–Crippen LogP) is 23.4. The van der Waals surface area contributed by atoms with Gasteiger partial charge in [0.25, 0.3) is 29.5 Å². The van der Waals surface area contributed by atoms with Crippen LogP contribution in [-0.2, 0) is 66.9 Å². The molecule has 4 heterocycles. The van der Waals surface area contributed by atoms with Crippen molar-refractivity contribution in [2.75, 3.05) is 26.2 Å². The van der Waals surface area contributed by atoms with Crippen LogP contribution in [0.3, 0.4) is 0 Å². The molecule has 24 nitrogen and oxygen atoms in total. The Kier molecular flexibility index (Phi) is 35.6. The summed E-state index contributed by atoms with van der Waals surface area (Å²) in [6.45, 7) is 26.0. The first kappa shape index (κ1) is 110. The fourth-order valence-corrected chi connectivity index (χ4v) is 29.5. The molecule has 16 aliphatic rings. The van der Waals surface area contributed by atoms with Crippen molar-refractivity contribution < 1.29 is 76.5 Å². The average Bonchev–Trinajstić information content (AvgIpc) is 1.29. The van der Waals surface area contributed by atoms with E-state index in [1.807, 2.05) is 39.8 Å². The number of carbonyl (C=O) groups is 12. The lowest BCUT2D eigenvalue weighted by Crippen LogP contribution is -2.51. The standard InChI is InChI=1S/C33H32Br2N2O4.C33H46N2O4.C27H34N2O4.C27H38N2O4/c1-20-16-28(41-32(40)22-7-4-9-25(35)18-22)30-27(26(20)10-5-14-36)12-11-23-19-29(38)37(15-13-33(23,30)2)31(39)21-6-3-8-24(34)17-21;1-22-20-28(39-32(38)24-12-7-4-8-13-24)30-27(26(22)14-9-18-34)16-15-25-21-29(36)35(19-17-33(25,30)2)31(37)23-10-5-3-6-11-23;1-16-14-22(33-26(32)18-7-8-18)24-21(20(16)4-3-12-28)10-9-19-15-23(30)29(13-11-27(19,24)2)25(31)17-5-6-17;1-16(2)25(31)29-13-11-27(6)19(15-23(29)30)9-10-21-20(8-7-12-28)18(5)14-22(24(21)27)33-26(32)17(3)4/h3-4,6-9,16-19,26-28,30H,5,10-13,15H2,1-2H3;20-21,23-24,26-28,30H,3-17,19H2,1-2H3;14-15,17-18,20-22,24H,3-11,13H2,1-2H3;14-17,20-22,24H,7-11,13H2,1-6H3/t2*26-,27+,28-,30-,33+;2*20-,21+,22-,24-,27+/m1111/s1. The number of esters is 4. The number of hydrogen-bond acceptors (Lipinski definition) is 20. The van der Waals surface area contributed by atoms with E-state index in [1.165, 1.54) is 49.2 Å². The molecule has 0 aromatic heterocycles. The van der Waals surface area contributed by atoms with Crippen LogP contribution in [0.4, 0.5) is 0 Å². The van der Waals surface area contributed by atoms with Gasteiger partial charge in [-0.25, -0.2) is 4.79 Å². The van der Waals surface area contributed by atoms with Crippen molar-refractivity contribution in [1.82, 2.24) is 19.6 Å². The van der Waals surface area contributed by atoms with E-state index < -0.39 is 17.5 Å². The normalized spacial score (nSPS) is 32.1. The number of nitriles is 4. The summed E-state index contributed by atoms with van der Waals surface area (Å²) in [5, 5.41) is 37.2. The highest BCUT2D eigenvalue weighted by Gasteiger charge is 2.61. The molecule has 0 radical (unpaired) electrons. The topological polar surface area (TPSA) is 350 Å².